The maximum atomic E-state index is 13.0. The van der Waals surface area contributed by atoms with Gasteiger partial charge in [-0.05, 0) is 43.7 Å². The van der Waals surface area contributed by atoms with Gasteiger partial charge in [-0.25, -0.2) is 17.8 Å². The van der Waals surface area contributed by atoms with Gasteiger partial charge in [-0.2, -0.15) is 0 Å². The fraction of sp³-hybridized carbons (Fsp3) is 0.333. The zero-order chi connectivity index (χ0) is 19.2. The molecule has 1 N–H and O–H groups in total. The van der Waals surface area contributed by atoms with Crippen LogP contribution in [0.15, 0.2) is 47.5 Å². The maximum absolute atomic E-state index is 13.0. The van der Waals surface area contributed by atoms with Gasteiger partial charge in [0.25, 0.3) is 0 Å². The van der Waals surface area contributed by atoms with Crippen molar-refractivity contribution < 1.29 is 22.3 Å². The number of benzene rings is 1. The van der Waals surface area contributed by atoms with Crippen molar-refractivity contribution in [2.24, 2.45) is 0 Å². The number of aromatic nitrogens is 1. The molecule has 0 aliphatic rings. The van der Waals surface area contributed by atoms with Gasteiger partial charge in [0, 0.05) is 18.3 Å². The normalized spacial score (nSPS) is 12.4. The van der Waals surface area contributed by atoms with Crippen molar-refractivity contribution in [1.82, 2.24) is 10.3 Å². The minimum absolute atomic E-state index is 0.0923. The highest BCUT2D eigenvalue weighted by atomic mass is 32.2. The van der Waals surface area contributed by atoms with E-state index in [9.17, 15) is 17.6 Å². The fourth-order valence-corrected chi connectivity index (χ4v) is 3.47. The molecule has 0 bridgehead atoms. The molecule has 0 spiro atoms. The predicted octanol–water partition coefficient (Wildman–Crippen LogP) is 2.49. The summed E-state index contributed by atoms with van der Waals surface area (Å²) < 4.78 is 43.5. The number of hydrogen-bond donors (Lipinski definition) is 1. The Hall–Kier alpha value is -2.48. The number of rotatable bonds is 8. The van der Waals surface area contributed by atoms with Crippen LogP contribution in [0.2, 0.25) is 0 Å². The Morgan fingerprint density at radius 2 is 1.96 bits per heavy atom. The van der Waals surface area contributed by atoms with Gasteiger partial charge in [0.05, 0.1) is 11.5 Å². The van der Waals surface area contributed by atoms with Crippen molar-refractivity contribution in [3.05, 3.63) is 54.0 Å². The molecule has 6 nitrogen and oxygen atoms in total. The average molecular weight is 380 g/mol. The van der Waals surface area contributed by atoms with E-state index < -0.39 is 26.8 Å². The molecule has 140 valence electrons. The number of carbonyl (C=O) groups excluding carboxylic acids is 1. The number of halogens is 1. The lowest BCUT2D eigenvalue weighted by Crippen LogP contribution is -2.37. The van der Waals surface area contributed by atoms with Crippen LogP contribution in [-0.4, -0.2) is 31.2 Å². The van der Waals surface area contributed by atoms with E-state index in [1.165, 1.54) is 6.92 Å². The van der Waals surface area contributed by atoms with Crippen LogP contribution in [0.25, 0.3) is 0 Å². The van der Waals surface area contributed by atoms with Crippen LogP contribution in [0, 0.1) is 5.82 Å². The fourth-order valence-electron chi connectivity index (χ4n) is 2.18. The highest BCUT2D eigenvalue weighted by molar-refractivity contribution is 7.92. The summed E-state index contributed by atoms with van der Waals surface area (Å²) in [6, 6.07) is 7.84. The summed E-state index contributed by atoms with van der Waals surface area (Å²) in [5.74, 6) is -0.791. The Bertz CT molecular complexity index is 854. The first-order valence-electron chi connectivity index (χ1n) is 8.20. The zero-order valence-corrected chi connectivity index (χ0v) is 15.4. The van der Waals surface area contributed by atoms with Crippen molar-refractivity contribution in [1.29, 1.82) is 0 Å². The number of sulfone groups is 1. The smallest absolute Gasteiger partial charge is 0.238 e. The van der Waals surface area contributed by atoms with Crippen LogP contribution >= 0.6 is 0 Å². The average Bonchev–Trinajstić information content (AvgIpc) is 2.64. The van der Waals surface area contributed by atoms with E-state index in [1.54, 1.807) is 18.3 Å². The van der Waals surface area contributed by atoms with Crippen LogP contribution in [0.1, 0.15) is 25.8 Å². The number of hydrogen-bond acceptors (Lipinski definition) is 5. The largest absolute Gasteiger partial charge is 0.477 e. The first-order valence-corrected chi connectivity index (χ1v) is 9.74. The first kappa shape index (κ1) is 19.8. The van der Waals surface area contributed by atoms with E-state index >= 15 is 0 Å². The molecule has 0 aliphatic heterocycles. The molecule has 0 fully saturated rings. The SMILES string of the molecule is CCCOc1ncccc1CNC(=O)C(C)S(=O)(=O)c1ccc(F)cc1. The molecule has 26 heavy (non-hydrogen) atoms. The third-order valence-electron chi connectivity index (χ3n) is 3.72. The molecule has 2 rings (SSSR count). The van der Waals surface area contributed by atoms with Crippen molar-refractivity contribution >= 4 is 15.7 Å². The summed E-state index contributed by atoms with van der Waals surface area (Å²) in [6.07, 6.45) is 2.40. The number of nitrogens with one attached hydrogen (secondary N) is 1. The van der Waals surface area contributed by atoms with Crippen LogP contribution in [0.5, 0.6) is 5.88 Å². The van der Waals surface area contributed by atoms with Crippen molar-refractivity contribution in [2.75, 3.05) is 6.61 Å². The molecule has 0 saturated carbocycles. The molecular formula is C18H21FN2O4S. The van der Waals surface area contributed by atoms with Crippen LogP contribution in [0.4, 0.5) is 4.39 Å². The molecule has 2 aromatic rings. The van der Waals surface area contributed by atoms with E-state index in [2.05, 4.69) is 10.3 Å². The molecule has 1 aromatic carbocycles. The third-order valence-corrected chi connectivity index (χ3v) is 5.80. The Kier molecular flexibility index (Phi) is 6.68. The van der Waals surface area contributed by atoms with Gasteiger partial charge in [0.15, 0.2) is 9.84 Å². The van der Waals surface area contributed by atoms with Gasteiger partial charge >= 0.3 is 0 Å². The first-order chi connectivity index (χ1) is 12.4. The molecule has 0 radical (unpaired) electrons. The monoisotopic (exact) mass is 380 g/mol. The Morgan fingerprint density at radius 1 is 1.27 bits per heavy atom. The second-order valence-electron chi connectivity index (χ2n) is 5.68. The molecular weight excluding hydrogens is 359 g/mol. The van der Waals surface area contributed by atoms with E-state index in [0.29, 0.717) is 18.1 Å². The summed E-state index contributed by atoms with van der Waals surface area (Å²) in [4.78, 5) is 16.3. The van der Waals surface area contributed by atoms with E-state index in [0.717, 1.165) is 30.7 Å². The summed E-state index contributed by atoms with van der Waals surface area (Å²) in [5, 5.41) is 1.28. The van der Waals surface area contributed by atoms with Gasteiger partial charge in [0.2, 0.25) is 11.8 Å². The van der Waals surface area contributed by atoms with Gasteiger partial charge < -0.3 is 10.1 Å². The van der Waals surface area contributed by atoms with Crippen LogP contribution in [-0.2, 0) is 21.2 Å². The molecule has 1 aromatic heterocycles. The Labute approximate surface area is 152 Å². The summed E-state index contributed by atoms with van der Waals surface area (Å²) in [5.41, 5.74) is 0.653. The highest BCUT2D eigenvalue weighted by Gasteiger charge is 2.29. The lowest BCUT2D eigenvalue weighted by molar-refractivity contribution is -0.120. The summed E-state index contributed by atoms with van der Waals surface area (Å²) >= 11 is 0. The van der Waals surface area contributed by atoms with Gasteiger partial charge in [-0.1, -0.05) is 13.0 Å². The second kappa shape index (κ2) is 8.75. The standard InChI is InChI=1S/C18H21FN2O4S/c1-3-11-25-18-14(5-4-10-20-18)12-21-17(22)13(2)26(23,24)16-8-6-15(19)7-9-16/h4-10,13H,3,11-12H2,1-2H3,(H,21,22). The van der Waals surface area contributed by atoms with Crippen LogP contribution < -0.4 is 10.1 Å². The number of amides is 1. The van der Waals surface area contributed by atoms with Gasteiger partial charge in [0.1, 0.15) is 11.1 Å². The van der Waals surface area contributed by atoms with Gasteiger partial charge in [-0.15, -0.1) is 0 Å². The van der Waals surface area contributed by atoms with Gasteiger partial charge in [-0.3, -0.25) is 4.79 Å². The number of nitrogens with zero attached hydrogens (tertiary/aromatic N) is 1. The van der Waals surface area contributed by atoms with E-state index in [1.807, 2.05) is 6.92 Å². The quantitative estimate of drug-likeness (QED) is 0.711. The maximum Gasteiger partial charge on any atom is 0.238 e. The van der Waals surface area contributed by atoms with E-state index in [4.69, 9.17) is 4.74 Å². The van der Waals surface area contributed by atoms with Crippen molar-refractivity contribution in [3.63, 3.8) is 0 Å². The third kappa shape index (κ3) is 4.78. The van der Waals surface area contributed by atoms with E-state index in [-0.39, 0.29) is 11.4 Å². The minimum Gasteiger partial charge on any atom is -0.477 e. The number of pyridine rings is 1. The topological polar surface area (TPSA) is 85.4 Å². The molecule has 1 atom stereocenters. The lowest BCUT2D eigenvalue weighted by atomic mass is 10.2. The predicted molar refractivity (Wildman–Crippen MR) is 94.9 cm³/mol. The minimum atomic E-state index is -3.91. The molecule has 0 aliphatic carbocycles. The Morgan fingerprint density at radius 3 is 2.62 bits per heavy atom. The molecule has 0 saturated heterocycles. The van der Waals surface area contributed by atoms with Crippen LogP contribution in [0.3, 0.4) is 0 Å². The summed E-state index contributed by atoms with van der Waals surface area (Å²) in [7, 11) is -3.91. The highest BCUT2D eigenvalue weighted by Crippen LogP contribution is 2.18. The van der Waals surface area contributed by atoms with Crippen molar-refractivity contribution in [2.45, 2.75) is 37.0 Å². The molecule has 1 unspecified atom stereocenters. The summed E-state index contributed by atoms with van der Waals surface area (Å²) in [6.45, 7) is 3.85. The molecule has 8 heteroatoms. The molecule has 1 amide bonds. The van der Waals surface area contributed by atoms with Crippen molar-refractivity contribution in [3.8, 4) is 5.88 Å². The Balaban J connectivity index is 2.07. The second-order valence-corrected chi connectivity index (χ2v) is 7.94. The zero-order valence-electron chi connectivity index (χ0n) is 14.6. The number of ether oxygens (including phenoxy) is 1. The number of carbonyl (C=O) groups is 1. The lowest BCUT2D eigenvalue weighted by Gasteiger charge is -2.14. The molecule has 1 heterocycles.